The molecular formula is C29H30ClFN4O4S. The Kier molecular flexibility index (Phi) is 8.34. The molecule has 0 saturated heterocycles. The van der Waals surface area contributed by atoms with Crippen molar-refractivity contribution in [3.63, 3.8) is 0 Å². The molecule has 0 radical (unpaired) electrons. The Hall–Kier alpha value is -3.73. The summed E-state index contributed by atoms with van der Waals surface area (Å²) in [7, 11) is -3.90. The number of hydrogen-bond donors (Lipinski definition) is 4. The van der Waals surface area contributed by atoms with E-state index >= 15 is 4.39 Å². The molecule has 1 aliphatic carbocycles. The van der Waals surface area contributed by atoms with E-state index in [9.17, 15) is 18.0 Å². The third-order valence-corrected chi connectivity index (χ3v) is 8.20. The topological polar surface area (TPSA) is 116 Å². The van der Waals surface area contributed by atoms with E-state index in [1.807, 2.05) is 0 Å². The molecule has 11 heteroatoms. The number of anilines is 2. The highest BCUT2D eigenvalue weighted by atomic mass is 35.5. The molecule has 3 aromatic carbocycles. The van der Waals surface area contributed by atoms with E-state index in [4.69, 9.17) is 11.6 Å². The van der Waals surface area contributed by atoms with Crippen molar-refractivity contribution in [3.8, 4) is 11.1 Å². The molecule has 0 atom stereocenters. The maximum absolute atomic E-state index is 15.3. The molecule has 0 spiro atoms. The molecule has 0 bridgehead atoms. The number of urea groups is 1. The molecule has 4 rings (SSSR count). The normalized spacial score (nSPS) is 14.5. The Bertz CT molecular complexity index is 1560. The van der Waals surface area contributed by atoms with Crippen LogP contribution in [0.5, 0.6) is 0 Å². The summed E-state index contributed by atoms with van der Waals surface area (Å²) in [5, 5.41) is 8.48. The van der Waals surface area contributed by atoms with Crippen LogP contribution >= 0.6 is 11.6 Å². The Labute approximate surface area is 238 Å². The molecule has 210 valence electrons. The number of amides is 3. The summed E-state index contributed by atoms with van der Waals surface area (Å²) in [6.07, 6.45) is 3.98. The van der Waals surface area contributed by atoms with E-state index in [1.165, 1.54) is 24.3 Å². The lowest BCUT2D eigenvalue weighted by atomic mass is 9.95. The van der Waals surface area contributed by atoms with Gasteiger partial charge in [-0.3, -0.25) is 4.79 Å². The third-order valence-electron chi connectivity index (χ3n) is 6.13. The Morgan fingerprint density at radius 2 is 1.57 bits per heavy atom. The van der Waals surface area contributed by atoms with Gasteiger partial charge < -0.3 is 16.0 Å². The van der Waals surface area contributed by atoms with Gasteiger partial charge in [0.2, 0.25) is 10.0 Å². The van der Waals surface area contributed by atoms with Gasteiger partial charge in [-0.15, -0.1) is 0 Å². The van der Waals surface area contributed by atoms with Gasteiger partial charge in [-0.25, -0.2) is 22.3 Å². The van der Waals surface area contributed by atoms with Crippen molar-refractivity contribution in [2.24, 2.45) is 0 Å². The fourth-order valence-corrected chi connectivity index (χ4v) is 6.11. The predicted octanol–water partition coefficient (Wildman–Crippen LogP) is 6.07. The molecule has 0 aliphatic heterocycles. The van der Waals surface area contributed by atoms with Crippen LogP contribution in [-0.2, 0) is 14.8 Å². The number of carbonyl (C=O) groups excluding carboxylic acids is 2. The second kappa shape index (κ2) is 11.4. The summed E-state index contributed by atoms with van der Waals surface area (Å²) in [4.78, 5) is 26.0. The average Bonchev–Trinajstić information content (AvgIpc) is 3.35. The Morgan fingerprint density at radius 1 is 0.925 bits per heavy atom. The van der Waals surface area contributed by atoms with Gasteiger partial charge in [-0.05, 0) is 81.6 Å². The average molecular weight is 585 g/mol. The first-order valence-corrected chi connectivity index (χ1v) is 14.4. The van der Waals surface area contributed by atoms with E-state index in [2.05, 4.69) is 20.7 Å². The molecule has 0 fully saturated rings. The van der Waals surface area contributed by atoms with Crippen LogP contribution < -0.4 is 20.7 Å². The maximum Gasteiger partial charge on any atom is 0.320 e. The van der Waals surface area contributed by atoms with E-state index in [-0.39, 0.29) is 23.4 Å². The van der Waals surface area contributed by atoms with Crippen molar-refractivity contribution in [1.82, 2.24) is 10.0 Å². The molecule has 0 unspecified atom stereocenters. The maximum atomic E-state index is 15.3. The minimum absolute atomic E-state index is 0.00740. The first-order chi connectivity index (χ1) is 18.8. The van der Waals surface area contributed by atoms with Gasteiger partial charge in [0, 0.05) is 21.8 Å². The summed E-state index contributed by atoms with van der Waals surface area (Å²) < 4.78 is 44.0. The highest BCUT2D eigenvalue weighted by molar-refractivity contribution is 7.89. The fraction of sp³-hybridized carbons (Fsp3) is 0.241. The summed E-state index contributed by atoms with van der Waals surface area (Å²) in [5.74, 6) is -1.35. The van der Waals surface area contributed by atoms with Crippen LogP contribution in [0.2, 0.25) is 5.02 Å². The van der Waals surface area contributed by atoms with Gasteiger partial charge in [-0.2, -0.15) is 0 Å². The largest absolute Gasteiger partial charge is 0.323 e. The summed E-state index contributed by atoms with van der Waals surface area (Å²) in [6, 6.07) is 16.3. The number of sulfonamides is 1. The number of benzene rings is 3. The van der Waals surface area contributed by atoms with Gasteiger partial charge in [0.15, 0.2) is 0 Å². The SMILES string of the molecule is CC(C)(C)NS(=O)(=O)c1ccccc1-c1ccc(NC(=O)C2(NC(=O)Nc3ccc(Cl)cc3)CC=CC2)c(F)c1. The lowest BCUT2D eigenvalue weighted by Gasteiger charge is -2.29. The van der Waals surface area contributed by atoms with Gasteiger partial charge in [-0.1, -0.05) is 48.0 Å². The molecule has 1 aliphatic rings. The standard InChI is InChI=1S/C29H30ClFN4O4S/c1-28(2,3)35-40(38,39)25-9-5-4-8-22(25)19-10-15-24(23(31)18-19)33-26(36)29(16-6-7-17-29)34-27(37)32-21-13-11-20(30)12-14-21/h4-15,18,35H,16-17H2,1-3H3,(H,33,36)(H2,32,34,37). The summed E-state index contributed by atoms with van der Waals surface area (Å²) in [5.41, 5.74) is -1.01. The number of carbonyl (C=O) groups is 2. The molecule has 4 N–H and O–H groups in total. The van der Waals surface area contributed by atoms with Crippen LogP contribution in [0, 0.1) is 5.82 Å². The molecule has 40 heavy (non-hydrogen) atoms. The van der Waals surface area contributed by atoms with Crippen molar-refractivity contribution >= 4 is 44.9 Å². The molecule has 3 amide bonds. The molecule has 3 aromatic rings. The van der Waals surface area contributed by atoms with Crippen LogP contribution in [0.4, 0.5) is 20.6 Å². The Balaban J connectivity index is 1.54. The second-order valence-corrected chi connectivity index (χ2v) is 12.6. The van der Waals surface area contributed by atoms with Gasteiger partial charge in [0.05, 0.1) is 10.6 Å². The van der Waals surface area contributed by atoms with Crippen molar-refractivity contribution in [1.29, 1.82) is 0 Å². The van der Waals surface area contributed by atoms with Crippen LogP contribution in [0.3, 0.4) is 0 Å². The quantitative estimate of drug-likeness (QED) is 0.252. The third kappa shape index (κ3) is 6.88. The highest BCUT2D eigenvalue weighted by Crippen LogP contribution is 2.32. The minimum atomic E-state index is -3.90. The van der Waals surface area contributed by atoms with Crippen LogP contribution in [0.1, 0.15) is 33.6 Å². The Morgan fingerprint density at radius 3 is 2.20 bits per heavy atom. The van der Waals surface area contributed by atoms with Crippen molar-refractivity contribution in [3.05, 3.63) is 89.7 Å². The zero-order valence-electron chi connectivity index (χ0n) is 22.2. The lowest BCUT2D eigenvalue weighted by Crippen LogP contribution is -2.56. The van der Waals surface area contributed by atoms with Crippen LogP contribution in [-0.4, -0.2) is 31.4 Å². The fourth-order valence-electron chi connectivity index (χ4n) is 4.33. The first kappa shape index (κ1) is 29.3. The number of rotatable bonds is 7. The first-order valence-electron chi connectivity index (χ1n) is 12.5. The van der Waals surface area contributed by atoms with Crippen molar-refractivity contribution in [2.75, 3.05) is 10.6 Å². The number of halogens is 2. The van der Waals surface area contributed by atoms with E-state index < -0.39 is 38.9 Å². The molecular weight excluding hydrogens is 555 g/mol. The molecule has 0 aromatic heterocycles. The zero-order chi connectivity index (χ0) is 29.1. The highest BCUT2D eigenvalue weighted by Gasteiger charge is 2.41. The van der Waals surface area contributed by atoms with Gasteiger partial charge in [0.25, 0.3) is 5.91 Å². The molecule has 8 nitrogen and oxygen atoms in total. The van der Waals surface area contributed by atoms with E-state index in [0.29, 0.717) is 21.8 Å². The smallest absolute Gasteiger partial charge is 0.320 e. The lowest BCUT2D eigenvalue weighted by molar-refractivity contribution is -0.121. The number of hydrogen-bond acceptors (Lipinski definition) is 4. The van der Waals surface area contributed by atoms with E-state index in [0.717, 1.165) is 0 Å². The summed E-state index contributed by atoms with van der Waals surface area (Å²) >= 11 is 5.88. The predicted molar refractivity (Wildman–Crippen MR) is 155 cm³/mol. The second-order valence-electron chi connectivity index (χ2n) is 10.5. The van der Waals surface area contributed by atoms with Crippen molar-refractivity contribution < 1.29 is 22.4 Å². The van der Waals surface area contributed by atoms with Gasteiger partial charge >= 0.3 is 6.03 Å². The molecule has 0 saturated carbocycles. The van der Waals surface area contributed by atoms with Crippen molar-refractivity contribution in [2.45, 2.75) is 49.6 Å². The van der Waals surface area contributed by atoms with Crippen LogP contribution in [0.15, 0.2) is 83.8 Å². The monoisotopic (exact) mass is 584 g/mol. The van der Waals surface area contributed by atoms with Gasteiger partial charge in [0.1, 0.15) is 11.4 Å². The zero-order valence-corrected chi connectivity index (χ0v) is 23.8. The molecule has 0 heterocycles. The van der Waals surface area contributed by atoms with E-state index in [1.54, 1.807) is 75.4 Å². The minimum Gasteiger partial charge on any atom is -0.323 e. The summed E-state index contributed by atoms with van der Waals surface area (Å²) in [6.45, 7) is 5.19. The number of nitrogens with one attached hydrogen (secondary N) is 4. The van der Waals surface area contributed by atoms with Crippen LogP contribution in [0.25, 0.3) is 11.1 Å².